The summed E-state index contributed by atoms with van der Waals surface area (Å²) in [7, 11) is 2.10. The molecule has 3 aromatic rings. The van der Waals surface area contributed by atoms with E-state index in [-0.39, 0.29) is 0 Å². The number of hydrogen-bond acceptors (Lipinski definition) is 0. The third-order valence-electron chi connectivity index (χ3n) is 2.94. The van der Waals surface area contributed by atoms with E-state index in [0.717, 1.165) is 5.56 Å². The van der Waals surface area contributed by atoms with Crippen molar-refractivity contribution < 1.29 is 0 Å². The third kappa shape index (κ3) is 1.33. The molecule has 0 atom stereocenters. The average molecular weight is 206 g/mol. The van der Waals surface area contributed by atoms with E-state index in [2.05, 4.69) is 54.1 Å². The quantitative estimate of drug-likeness (QED) is 0.572. The van der Waals surface area contributed by atoms with Crippen molar-refractivity contribution in [2.75, 3.05) is 0 Å². The van der Waals surface area contributed by atoms with Crippen LogP contribution in [0.4, 0.5) is 0 Å². The second-order valence-corrected chi connectivity index (χ2v) is 3.92. The van der Waals surface area contributed by atoms with Gasteiger partial charge in [0.15, 0.2) is 0 Å². The number of para-hydroxylation sites is 1. The van der Waals surface area contributed by atoms with Gasteiger partial charge in [0.25, 0.3) is 0 Å². The van der Waals surface area contributed by atoms with Gasteiger partial charge in [-0.25, -0.2) is 0 Å². The molecule has 0 amide bonds. The van der Waals surface area contributed by atoms with Crippen molar-refractivity contribution in [3.8, 4) is 11.3 Å². The van der Waals surface area contributed by atoms with Crippen molar-refractivity contribution in [2.45, 2.75) is 0 Å². The normalized spacial score (nSPS) is 10.8. The maximum atomic E-state index is 3.27. The molecule has 0 fully saturated rings. The maximum Gasteiger partial charge on any atom is 0.0494 e. The van der Waals surface area contributed by atoms with Crippen molar-refractivity contribution in [2.24, 2.45) is 7.05 Å². The molecule has 1 heteroatoms. The van der Waals surface area contributed by atoms with Gasteiger partial charge in [-0.05, 0) is 18.2 Å². The highest BCUT2D eigenvalue weighted by Gasteiger charge is 2.06. The second-order valence-electron chi connectivity index (χ2n) is 3.92. The molecule has 0 aliphatic carbocycles. The number of benzene rings is 2. The van der Waals surface area contributed by atoms with Crippen molar-refractivity contribution >= 4 is 10.9 Å². The Kier molecular flexibility index (Phi) is 2.03. The standard InChI is InChI=1S/C15H12N/c1-16-14-10-6-5-9-13(14)11-15(16)12-7-3-2-4-8-12/h2-7,9-11H,1H3. The lowest BCUT2D eigenvalue weighted by molar-refractivity contribution is 0.978. The Bertz CT molecular complexity index is 620. The smallest absolute Gasteiger partial charge is 0.0494 e. The van der Waals surface area contributed by atoms with Crippen LogP contribution in [0.2, 0.25) is 0 Å². The molecular formula is C15H12N. The van der Waals surface area contributed by atoms with Crippen LogP contribution in [0.5, 0.6) is 0 Å². The Hall–Kier alpha value is -2.02. The highest BCUT2D eigenvalue weighted by molar-refractivity contribution is 5.86. The van der Waals surface area contributed by atoms with E-state index in [9.17, 15) is 0 Å². The zero-order chi connectivity index (χ0) is 11.0. The van der Waals surface area contributed by atoms with E-state index in [1.54, 1.807) is 0 Å². The minimum absolute atomic E-state index is 1.14. The lowest BCUT2D eigenvalue weighted by Crippen LogP contribution is -1.90. The van der Waals surface area contributed by atoms with Gasteiger partial charge in [-0.2, -0.15) is 0 Å². The van der Waals surface area contributed by atoms with Gasteiger partial charge in [0, 0.05) is 29.2 Å². The molecule has 0 spiro atoms. The van der Waals surface area contributed by atoms with E-state index in [1.165, 1.54) is 16.6 Å². The summed E-state index contributed by atoms with van der Waals surface area (Å²) < 4.78 is 2.21. The Morgan fingerprint density at radius 2 is 1.81 bits per heavy atom. The molecule has 3 rings (SSSR count). The summed E-state index contributed by atoms with van der Waals surface area (Å²) in [6, 6.07) is 22.0. The van der Waals surface area contributed by atoms with E-state index < -0.39 is 0 Å². The molecule has 1 nitrogen and oxygen atoms in total. The fraction of sp³-hybridized carbons (Fsp3) is 0.0667. The van der Waals surface area contributed by atoms with Crippen molar-refractivity contribution in [3.63, 3.8) is 0 Å². The topological polar surface area (TPSA) is 4.93 Å². The summed E-state index contributed by atoms with van der Waals surface area (Å²) in [4.78, 5) is 0. The number of fused-ring (bicyclic) bond motifs is 1. The Morgan fingerprint density at radius 3 is 2.56 bits per heavy atom. The van der Waals surface area contributed by atoms with Gasteiger partial charge in [0.2, 0.25) is 0 Å². The van der Waals surface area contributed by atoms with Crippen LogP contribution in [0.1, 0.15) is 0 Å². The van der Waals surface area contributed by atoms with Gasteiger partial charge < -0.3 is 4.57 Å². The number of hydrogen-bond donors (Lipinski definition) is 0. The molecule has 0 N–H and O–H groups in total. The molecule has 0 saturated heterocycles. The van der Waals surface area contributed by atoms with Gasteiger partial charge in [-0.1, -0.05) is 42.5 Å². The fourth-order valence-corrected chi connectivity index (χ4v) is 2.10. The van der Waals surface area contributed by atoms with Crippen LogP contribution in [0.15, 0.2) is 54.6 Å². The summed E-state index contributed by atoms with van der Waals surface area (Å²) in [5, 5.41) is 1.28. The highest BCUT2D eigenvalue weighted by atomic mass is 14.9. The predicted octanol–water partition coefficient (Wildman–Crippen LogP) is 3.65. The molecule has 1 aromatic heterocycles. The molecule has 1 heterocycles. The molecular weight excluding hydrogens is 194 g/mol. The molecule has 1 radical (unpaired) electrons. The van der Waals surface area contributed by atoms with E-state index in [0.29, 0.717) is 0 Å². The molecule has 0 saturated carbocycles. The minimum Gasteiger partial charge on any atom is -0.344 e. The summed E-state index contributed by atoms with van der Waals surface area (Å²) in [5.74, 6) is 0. The van der Waals surface area contributed by atoms with Crippen molar-refractivity contribution in [3.05, 3.63) is 60.7 Å². The minimum atomic E-state index is 1.14. The predicted molar refractivity (Wildman–Crippen MR) is 67.2 cm³/mol. The number of nitrogens with zero attached hydrogens (tertiary/aromatic N) is 1. The first kappa shape index (κ1) is 9.22. The molecule has 0 bridgehead atoms. The lowest BCUT2D eigenvalue weighted by atomic mass is 10.1. The first-order valence-electron chi connectivity index (χ1n) is 5.38. The van der Waals surface area contributed by atoms with Crippen LogP contribution in [-0.4, -0.2) is 4.57 Å². The SMILES string of the molecule is Cn1c(-c2[c]cccc2)cc2ccccc21. The highest BCUT2D eigenvalue weighted by Crippen LogP contribution is 2.26. The summed E-state index contributed by atoms with van der Waals surface area (Å²) in [5.41, 5.74) is 3.61. The van der Waals surface area contributed by atoms with E-state index in [4.69, 9.17) is 0 Å². The molecule has 0 unspecified atom stereocenters. The van der Waals surface area contributed by atoms with Crippen LogP contribution in [-0.2, 0) is 7.05 Å². The van der Waals surface area contributed by atoms with Crippen LogP contribution in [0.3, 0.4) is 0 Å². The van der Waals surface area contributed by atoms with Gasteiger partial charge in [-0.3, -0.25) is 0 Å². The van der Waals surface area contributed by atoms with Crippen LogP contribution >= 0.6 is 0 Å². The lowest BCUT2D eigenvalue weighted by Gasteiger charge is -2.03. The third-order valence-corrected chi connectivity index (χ3v) is 2.94. The molecule has 0 aliphatic heterocycles. The average Bonchev–Trinajstić information content (AvgIpc) is 2.69. The van der Waals surface area contributed by atoms with E-state index in [1.807, 2.05) is 18.2 Å². The van der Waals surface area contributed by atoms with Gasteiger partial charge >= 0.3 is 0 Å². The maximum absolute atomic E-state index is 3.27. The summed E-state index contributed by atoms with van der Waals surface area (Å²) in [6.45, 7) is 0. The first-order chi connectivity index (χ1) is 7.86. The van der Waals surface area contributed by atoms with Crippen LogP contribution in [0.25, 0.3) is 22.2 Å². The number of rotatable bonds is 1. The van der Waals surface area contributed by atoms with Crippen molar-refractivity contribution in [1.29, 1.82) is 0 Å². The molecule has 2 aromatic carbocycles. The Labute approximate surface area is 95.0 Å². The van der Waals surface area contributed by atoms with Crippen LogP contribution in [0, 0.1) is 6.07 Å². The van der Waals surface area contributed by atoms with Gasteiger partial charge in [0.05, 0.1) is 0 Å². The monoisotopic (exact) mass is 206 g/mol. The largest absolute Gasteiger partial charge is 0.344 e. The van der Waals surface area contributed by atoms with E-state index >= 15 is 0 Å². The zero-order valence-electron chi connectivity index (χ0n) is 9.14. The van der Waals surface area contributed by atoms with Gasteiger partial charge in [-0.15, -0.1) is 0 Å². The number of aromatic nitrogens is 1. The van der Waals surface area contributed by atoms with Crippen LogP contribution < -0.4 is 0 Å². The fourth-order valence-electron chi connectivity index (χ4n) is 2.10. The Morgan fingerprint density at radius 1 is 1.00 bits per heavy atom. The molecule has 0 aliphatic rings. The zero-order valence-corrected chi connectivity index (χ0v) is 9.14. The number of aryl methyl sites for hydroxylation is 1. The first-order valence-corrected chi connectivity index (χ1v) is 5.38. The summed E-state index contributed by atoms with van der Waals surface area (Å²) in [6.07, 6.45) is 0. The Balaban J connectivity index is 2.29. The summed E-state index contributed by atoms with van der Waals surface area (Å²) >= 11 is 0. The molecule has 16 heavy (non-hydrogen) atoms. The van der Waals surface area contributed by atoms with Crippen molar-refractivity contribution in [1.82, 2.24) is 4.57 Å². The van der Waals surface area contributed by atoms with Gasteiger partial charge in [0.1, 0.15) is 0 Å². The second kappa shape index (κ2) is 3.53. The molecule has 77 valence electrons.